The van der Waals surface area contributed by atoms with Gasteiger partial charge in [-0.15, -0.1) is 0 Å². The second kappa shape index (κ2) is 14.4. The molecule has 0 saturated carbocycles. The Labute approximate surface area is 327 Å². The lowest BCUT2D eigenvalue weighted by molar-refractivity contribution is 1.18. The zero-order chi connectivity index (χ0) is 37.3. The fraction of sp³-hybridized carbons (Fsp3) is 0. The van der Waals surface area contributed by atoms with Crippen LogP contribution in [-0.4, -0.2) is 4.57 Å². The minimum atomic E-state index is 1.09. The van der Waals surface area contributed by atoms with E-state index in [0.29, 0.717) is 0 Å². The van der Waals surface area contributed by atoms with Crippen LogP contribution in [0.15, 0.2) is 231 Å². The van der Waals surface area contributed by atoms with Crippen molar-refractivity contribution in [2.75, 3.05) is 4.90 Å². The molecule has 0 aliphatic carbocycles. The molecule has 0 spiro atoms. The highest BCUT2D eigenvalue weighted by Crippen LogP contribution is 2.42. The van der Waals surface area contributed by atoms with Gasteiger partial charge in [0.2, 0.25) is 0 Å². The number of hydrogen-bond acceptors (Lipinski definition) is 1. The second-order valence-electron chi connectivity index (χ2n) is 14.2. The Balaban J connectivity index is 1.11. The average molecular weight is 715 g/mol. The molecule has 0 bridgehead atoms. The number of aromatic nitrogens is 1. The molecule has 0 fully saturated rings. The molecule has 0 saturated heterocycles. The van der Waals surface area contributed by atoms with Gasteiger partial charge >= 0.3 is 0 Å². The topological polar surface area (TPSA) is 8.17 Å². The van der Waals surface area contributed by atoms with Crippen LogP contribution in [0.2, 0.25) is 0 Å². The summed E-state index contributed by atoms with van der Waals surface area (Å²) in [6, 6.07) is 83.0. The number of hydrogen-bond donors (Lipinski definition) is 0. The molecule has 10 rings (SSSR count). The number of nitrogens with zero attached hydrogens (tertiary/aromatic N) is 2. The lowest BCUT2D eigenvalue weighted by Gasteiger charge is -2.27. The van der Waals surface area contributed by atoms with Gasteiger partial charge in [-0.2, -0.15) is 0 Å². The number of benzene rings is 9. The van der Waals surface area contributed by atoms with Crippen molar-refractivity contribution in [3.63, 3.8) is 0 Å². The van der Waals surface area contributed by atoms with Gasteiger partial charge in [-0.3, -0.25) is 0 Å². The monoisotopic (exact) mass is 714 g/mol. The first kappa shape index (κ1) is 33.2. The van der Waals surface area contributed by atoms with E-state index >= 15 is 0 Å². The van der Waals surface area contributed by atoms with Crippen molar-refractivity contribution in [2.24, 2.45) is 0 Å². The zero-order valence-corrected chi connectivity index (χ0v) is 30.8. The summed E-state index contributed by atoms with van der Waals surface area (Å²) < 4.78 is 2.38. The normalized spacial score (nSPS) is 11.2. The summed E-state index contributed by atoms with van der Waals surface area (Å²) >= 11 is 0. The van der Waals surface area contributed by atoms with Crippen LogP contribution in [0.5, 0.6) is 0 Å². The first-order valence-electron chi connectivity index (χ1n) is 19.2. The molecule has 0 N–H and O–H groups in total. The van der Waals surface area contributed by atoms with Gasteiger partial charge in [0.15, 0.2) is 0 Å². The molecule has 0 aliphatic heterocycles. The van der Waals surface area contributed by atoms with E-state index in [-0.39, 0.29) is 0 Å². The van der Waals surface area contributed by atoms with Gasteiger partial charge in [-0.1, -0.05) is 158 Å². The van der Waals surface area contributed by atoms with Crippen molar-refractivity contribution in [2.45, 2.75) is 0 Å². The van der Waals surface area contributed by atoms with Crippen molar-refractivity contribution in [1.82, 2.24) is 4.57 Å². The van der Waals surface area contributed by atoms with Crippen molar-refractivity contribution in [3.05, 3.63) is 231 Å². The molecule has 0 unspecified atom stereocenters. The summed E-state index contributed by atoms with van der Waals surface area (Å²) in [5, 5.41) is 2.51. The van der Waals surface area contributed by atoms with Crippen LogP contribution in [0.3, 0.4) is 0 Å². The van der Waals surface area contributed by atoms with Gasteiger partial charge in [-0.05, 0) is 117 Å². The highest BCUT2D eigenvalue weighted by Gasteiger charge is 2.18. The first-order valence-corrected chi connectivity index (χ1v) is 19.2. The van der Waals surface area contributed by atoms with E-state index in [1.807, 2.05) is 0 Å². The minimum Gasteiger partial charge on any atom is -0.310 e. The third-order valence-electron chi connectivity index (χ3n) is 10.7. The molecule has 9 aromatic carbocycles. The van der Waals surface area contributed by atoms with Gasteiger partial charge in [0.1, 0.15) is 0 Å². The molecule has 0 amide bonds. The molecular weight excluding hydrogens is 677 g/mol. The van der Waals surface area contributed by atoms with E-state index in [1.54, 1.807) is 0 Å². The van der Waals surface area contributed by atoms with Crippen molar-refractivity contribution in [1.29, 1.82) is 0 Å². The number of para-hydroxylation sites is 3. The number of rotatable bonds is 8. The predicted octanol–water partition coefficient (Wildman–Crippen LogP) is 14.9. The molecule has 0 radical (unpaired) electrons. The maximum absolute atomic E-state index is 2.38. The Morgan fingerprint density at radius 2 is 0.750 bits per heavy atom. The van der Waals surface area contributed by atoms with Crippen LogP contribution < -0.4 is 4.90 Å². The van der Waals surface area contributed by atoms with Crippen molar-refractivity contribution >= 4 is 38.9 Å². The molecule has 2 nitrogen and oxygen atoms in total. The molecule has 56 heavy (non-hydrogen) atoms. The van der Waals surface area contributed by atoms with Crippen LogP contribution >= 0.6 is 0 Å². The Bertz CT molecular complexity index is 2890. The second-order valence-corrected chi connectivity index (χ2v) is 14.2. The molecule has 1 aromatic heterocycles. The van der Waals surface area contributed by atoms with E-state index in [1.165, 1.54) is 60.8 Å². The standard InChI is InChI=1S/C54H38N2/c1-5-18-39(19-6-1)44-35-45(40-20-7-2-8-21-40)38-49(37-44)55(46-25-9-3-10-26-46)48-29-16-23-42(36-48)41-22-15-24-43(34-41)50-31-17-33-53-54(50)51-30-13-14-32-52(51)56(53)47-27-11-4-12-28-47/h1-38H. The van der Waals surface area contributed by atoms with Gasteiger partial charge in [0.05, 0.1) is 11.0 Å². The van der Waals surface area contributed by atoms with Gasteiger partial charge in [0.25, 0.3) is 0 Å². The summed E-state index contributed by atoms with van der Waals surface area (Å²) in [5.74, 6) is 0. The average Bonchev–Trinajstić information content (AvgIpc) is 3.62. The fourth-order valence-corrected chi connectivity index (χ4v) is 8.17. The van der Waals surface area contributed by atoms with Gasteiger partial charge in [-0.25, -0.2) is 0 Å². The summed E-state index contributed by atoms with van der Waals surface area (Å²) in [6.45, 7) is 0. The lowest BCUT2D eigenvalue weighted by atomic mass is 9.95. The Kier molecular flexibility index (Phi) is 8.55. The Morgan fingerprint density at radius 1 is 0.286 bits per heavy atom. The van der Waals surface area contributed by atoms with E-state index in [4.69, 9.17) is 0 Å². The van der Waals surface area contributed by atoms with E-state index < -0.39 is 0 Å². The minimum absolute atomic E-state index is 1.09. The maximum atomic E-state index is 2.38. The molecule has 0 aliphatic rings. The molecule has 0 atom stereocenters. The number of anilines is 3. The fourth-order valence-electron chi connectivity index (χ4n) is 8.17. The van der Waals surface area contributed by atoms with Crippen LogP contribution in [0.4, 0.5) is 17.1 Å². The first-order chi connectivity index (χ1) is 27.8. The molecule has 2 heteroatoms. The quantitative estimate of drug-likeness (QED) is 0.152. The van der Waals surface area contributed by atoms with Crippen LogP contribution in [0, 0.1) is 0 Å². The maximum Gasteiger partial charge on any atom is 0.0547 e. The highest BCUT2D eigenvalue weighted by atomic mass is 15.1. The third kappa shape index (κ3) is 6.14. The summed E-state index contributed by atoms with van der Waals surface area (Å²) in [7, 11) is 0. The summed E-state index contributed by atoms with van der Waals surface area (Å²) in [5.41, 5.74) is 16.3. The zero-order valence-electron chi connectivity index (χ0n) is 30.8. The molecule has 1 heterocycles. The predicted molar refractivity (Wildman–Crippen MR) is 237 cm³/mol. The Morgan fingerprint density at radius 3 is 1.45 bits per heavy atom. The van der Waals surface area contributed by atoms with Crippen LogP contribution in [-0.2, 0) is 0 Å². The lowest BCUT2D eigenvalue weighted by Crippen LogP contribution is -2.10. The summed E-state index contributed by atoms with van der Waals surface area (Å²) in [6.07, 6.45) is 0. The van der Waals surface area contributed by atoms with Crippen LogP contribution in [0.1, 0.15) is 0 Å². The van der Waals surface area contributed by atoms with E-state index in [9.17, 15) is 0 Å². The largest absolute Gasteiger partial charge is 0.310 e. The number of fused-ring (bicyclic) bond motifs is 3. The molecule has 10 aromatic rings. The van der Waals surface area contributed by atoms with Gasteiger partial charge in [0, 0.05) is 33.5 Å². The van der Waals surface area contributed by atoms with Crippen LogP contribution in [0.25, 0.3) is 72.0 Å². The molecular formula is C54H38N2. The smallest absolute Gasteiger partial charge is 0.0547 e. The third-order valence-corrected chi connectivity index (χ3v) is 10.7. The molecule has 264 valence electrons. The van der Waals surface area contributed by atoms with Crippen molar-refractivity contribution in [3.8, 4) is 50.2 Å². The Hall–Kier alpha value is -7.42. The SMILES string of the molecule is c1ccc(-c2cc(-c3ccccc3)cc(N(c3ccccc3)c3cccc(-c4cccc(-c5cccc6c5c5ccccc5n6-c5ccccc5)c4)c3)c2)cc1. The summed E-state index contributed by atoms with van der Waals surface area (Å²) in [4.78, 5) is 2.38. The van der Waals surface area contributed by atoms with E-state index in [2.05, 4.69) is 240 Å². The van der Waals surface area contributed by atoms with E-state index in [0.717, 1.165) is 28.3 Å². The van der Waals surface area contributed by atoms with Gasteiger partial charge < -0.3 is 9.47 Å². The van der Waals surface area contributed by atoms with Crippen molar-refractivity contribution < 1.29 is 0 Å². The highest BCUT2D eigenvalue weighted by molar-refractivity contribution is 6.15.